The molecule has 1 N–H and O–H groups in total. The van der Waals surface area contributed by atoms with Gasteiger partial charge in [0.1, 0.15) is 12.4 Å². The number of esters is 1. The summed E-state index contributed by atoms with van der Waals surface area (Å²) in [6.07, 6.45) is 2.85. The standard InChI is InChI=1S/C24H18FN3O3/c25-19-10-12-21(13-11-19)28-16-26-14-22(28)24(30)31-15-17-6-8-18(9-7-17)23(29)27-20-4-2-1-3-5-20/h1-14,16H,15H2,(H,27,29). The summed E-state index contributed by atoms with van der Waals surface area (Å²) in [6, 6.07) is 21.7. The second kappa shape index (κ2) is 9.04. The van der Waals surface area contributed by atoms with E-state index in [9.17, 15) is 14.0 Å². The Morgan fingerprint density at radius 1 is 0.935 bits per heavy atom. The first kappa shape index (κ1) is 20.0. The summed E-state index contributed by atoms with van der Waals surface area (Å²) in [5, 5.41) is 2.81. The van der Waals surface area contributed by atoms with Crippen molar-refractivity contribution in [1.29, 1.82) is 0 Å². The smallest absolute Gasteiger partial charge is 0.357 e. The number of hydrogen-bond donors (Lipinski definition) is 1. The maximum Gasteiger partial charge on any atom is 0.357 e. The van der Waals surface area contributed by atoms with Gasteiger partial charge in [0.05, 0.1) is 12.5 Å². The van der Waals surface area contributed by atoms with Crippen LogP contribution in [0.5, 0.6) is 0 Å². The molecule has 0 spiro atoms. The molecular weight excluding hydrogens is 397 g/mol. The van der Waals surface area contributed by atoms with Crippen molar-refractivity contribution in [2.24, 2.45) is 0 Å². The highest BCUT2D eigenvalue weighted by atomic mass is 19.1. The quantitative estimate of drug-likeness (QED) is 0.467. The molecule has 1 aromatic heterocycles. The van der Waals surface area contributed by atoms with Crippen molar-refractivity contribution >= 4 is 17.6 Å². The fraction of sp³-hybridized carbons (Fsp3) is 0.0417. The van der Waals surface area contributed by atoms with Gasteiger partial charge in [-0.2, -0.15) is 0 Å². The molecule has 154 valence electrons. The fourth-order valence-corrected chi connectivity index (χ4v) is 2.95. The van der Waals surface area contributed by atoms with Gasteiger partial charge in [0, 0.05) is 16.9 Å². The van der Waals surface area contributed by atoms with Crippen molar-refractivity contribution in [3.8, 4) is 5.69 Å². The second-order valence-electron chi connectivity index (χ2n) is 6.72. The van der Waals surface area contributed by atoms with Crippen LogP contribution in [0.2, 0.25) is 0 Å². The number of nitrogens with one attached hydrogen (secondary N) is 1. The van der Waals surface area contributed by atoms with Gasteiger partial charge in [0.25, 0.3) is 5.91 Å². The van der Waals surface area contributed by atoms with Crippen LogP contribution in [0.3, 0.4) is 0 Å². The Balaban J connectivity index is 1.38. The molecule has 4 aromatic rings. The lowest BCUT2D eigenvalue weighted by molar-refractivity contribution is 0.0463. The van der Waals surface area contributed by atoms with E-state index in [-0.39, 0.29) is 24.0 Å². The van der Waals surface area contributed by atoms with E-state index in [1.54, 1.807) is 36.4 Å². The first-order chi connectivity index (χ1) is 15.1. The average Bonchev–Trinajstić information content (AvgIpc) is 3.29. The SMILES string of the molecule is O=C(Nc1ccccc1)c1ccc(COC(=O)c2cncn2-c2ccc(F)cc2)cc1. The summed E-state index contributed by atoms with van der Waals surface area (Å²) in [7, 11) is 0. The molecule has 0 saturated carbocycles. The summed E-state index contributed by atoms with van der Waals surface area (Å²) in [5.41, 5.74) is 2.76. The third-order valence-corrected chi connectivity index (χ3v) is 4.57. The van der Waals surface area contributed by atoms with Gasteiger partial charge in [0.2, 0.25) is 0 Å². The number of aromatic nitrogens is 2. The zero-order valence-electron chi connectivity index (χ0n) is 16.4. The minimum atomic E-state index is -0.562. The van der Waals surface area contributed by atoms with Gasteiger partial charge in [-0.05, 0) is 54.1 Å². The average molecular weight is 415 g/mol. The van der Waals surface area contributed by atoms with Crippen LogP contribution in [-0.2, 0) is 11.3 Å². The van der Waals surface area contributed by atoms with E-state index in [4.69, 9.17) is 4.74 Å². The normalized spacial score (nSPS) is 10.5. The Morgan fingerprint density at radius 3 is 2.35 bits per heavy atom. The zero-order chi connectivity index (χ0) is 21.6. The monoisotopic (exact) mass is 415 g/mol. The molecule has 0 bridgehead atoms. The number of halogens is 1. The molecule has 7 heteroatoms. The van der Waals surface area contributed by atoms with Gasteiger partial charge in [-0.15, -0.1) is 0 Å². The molecule has 3 aromatic carbocycles. The van der Waals surface area contributed by atoms with E-state index in [1.165, 1.54) is 29.2 Å². The van der Waals surface area contributed by atoms with Crippen LogP contribution >= 0.6 is 0 Å². The van der Waals surface area contributed by atoms with E-state index in [0.29, 0.717) is 16.9 Å². The summed E-state index contributed by atoms with van der Waals surface area (Å²) in [6.45, 7) is 0.0357. The van der Waals surface area contributed by atoms with E-state index >= 15 is 0 Å². The predicted molar refractivity (Wildman–Crippen MR) is 113 cm³/mol. The van der Waals surface area contributed by atoms with Crippen LogP contribution in [0.25, 0.3) is 5.69 Å². The van der Waals surface area contributed by atoms with Crippen molar-refractivity contribution in [2.45, 2.75) is 6.61 Å². The van der Waals surface area contributed by atoms with Crippen molar-refractivity contribution < 1.29 is 18.7 Å². The lowest BCUT2D eigenvalue weighted by Crippen LogP contribution is -2.12. The van der Waals surface area contributed by atoms with Crippen LogP contribution in [0.15, 0.2) is 91.4 Å². The Bertz CT molecular complexity index is 1190. The van der Waals surface area contributed by atoms with Crippen molar-refractivity contribution in [3.05, 3.63) is 114 Å². The second-order valence-corrected chi connectivity index (χ2v) is 6.72. The number of hydrogen-bond acceptors (Lipinski definition) is 4. The molecule has 6 nitrogen and oxygen atoms in total. The molecule has 4 rings (SSSR count). The van der Waals surface area contributed by atoms with Crippen LogP contribution in [0.4, 0.5) is 10.1 Å². The maximum absolute atomic E-state index is 13.1. The van der Waals surface area contributed by atoms with E-state index in [1.807, 2.05) is 30.3 Å². The summed E-state index contributed by atoms with van der Waals surface area (Å²) in [4.78, 5) is 28.8. The minimum absolute atomic E-state index is 0.0357. The number of anilines is 1. The van der Waals surface area contributed by atoms with Gasteiger partial charge >= 0.3 is 5.97 Å². The highest BCUT2D eigenvalue weighted by Gasteiger charge is 2.15. The van der Waals surface area contributed by atoms with Crippen molar-refractivity contribution in [1.82, 2.24) is 9.55 Å². The van der Waals surface area contributed by atoms with Crippen LogP contribution in [0, 0.1) is 5.82 Å². The van der Waals surface area contributed by atoms with Gasteiger partial charge in [0.15, 0.2) is 5.69 Å². The Hall–Kier alpha value is -4.26. The maximum atomic E-state index is 13.1. The molecule has 0 radical (unpaired) electrons. The highest BCUT2D eigenvalue weighted by Crippen LogP contribution is 2.15. The van der Waals surface area contributed by atoms with E-state index in [2.05, 4.69) is 10.3 Å². The molecule has 0 aliphatic rings. The minimum Gasteiger partial charge on any atom is -0.456 e. The molecule has 0 unspecified atom stereocenters. The molecule has 0 atom stereocenters. The van der Waals surface area contributed by atoms with Crippen molar-refractivity contribution in [2.75, 3.05) is 5.32 Å². The lowest BCUT2D eigenvalue weighted by Gasteiger charge is -2.09. The molecule has 0 aliphatic carbocycles. The number of carbonyl (C=O) groups is 2. The topological polar surface area (TPSA) is 73.2 Å². The van der Waals surface area contributed by atoms with Crippen molar-refractivity contribution in [3.63, 3.8) is 0 Å². The predicted octanol–water partition coefficient (Wildman–Crippen LogP) is 4.62. The number of benzene rings is 3. The van der Waals surface area contributed by atoms with Gasteiger partial charge in [-0.25, -0.2) is 14.2 Å². The molecule has 1 amide bonds. The highest BCUT2D eigenvalue weighted by molar-refractivity contribution is 6.04. The van der Waals surface area contributed by atoms with Crippen LogP contribution in [-0.4, -0.2) is 21.4 Å². The number of nitrogens with zero attached hydrogens (tertiary/aromatic N) is 2. The summed E-state index contributed by atoms with van der Waals surface area (Å²) >= 11 is 0. The molecule has 31 heavy (non-hydrogen) atoms. The number of imidazole rings is 1. The molecule has 1 heterocycles. The largest absolute Gasteiger partial charge is 0.456 e. The number of para-hydroxylation sites is 1. The van der Waals surface area contributed by atoms with Gasteiger partial charge < -0.3 is 10.1 Å². The Morgan fingerprint density at radius 2 is 1.65 bits per heavy atom. The summed E-state index contributed by atoms with van der Waals surface area (Å²) < 4.78 is 20.0. The van der Waals surface area contributed by atoms with Gasteiger partial charge in [-0.1, -0.05) is 30.3 Å². The Labute approximate surface area is 177 Å². The number of ether oxygens (including phenoxy) is 1. The lowest BCUT2D eigenvalue weighted by atomic mass is 10.1. The first-order valence-electron chi connectivity index (χ1n) is 9.51. The van der Waals surface area contributed by atoms with Crippen LogP contribution < -0.4 is 5.32 Å². The molecule has 0 aliphatic heterocycles. The zero-order valence-corrected chi connectivity index (χ0v) is 16.4. The van der Waals surface area contributed by atoms with E-state index < -0.39 is 5.97 Å². The number of amides is 1. The fourth-order valence-electron chi connectivity index (χ4n) is 2.95. The first-order valence-corrected chi connectivity index (χ1v) is 9.51. The van der Waals surface area contributed by atoms with Gasteiger partial charge in [-0.3, -0.25) is 9.36 Å². The number of carbonyl (C=O) groups excluding carboxylic acids is 2. The molecular formula is C24H18FN3O3. The molecule has 0 saturated heterocycles. The van der Waals surface area contributed by atoms with E-state index in [0.717, 1.165) is 5.56 Å². The number of rotatable bonds is 6. The Kier molecular flexibility index (Phi) is 5.84. The molecule has 0 fully saturated rings. The van der Waals surface area contributed by atoms with Crippen LogP contribution in [0.1, 0.15) is 26.4 Å². The third kappa shape index (κ3) is 4.84. The third-order valence-electron chi connectivity index (χ3n) is 4.57. The summed E-state index contributed by atoms with van der Waals surface area (Å²) in [5.74, 6) is -1.15.